The van der Waals surface area contributed by atoms with Crippen LogP contribution in [0.5, 0.6) is 0 Å². The minimum atomic E-state index is -0.0936. The van der Waals surface area contributed by atoms with Crippen LogP contribution in [0.1, 0.15) is 37.6 Å². The Bertz CT molecular complexity index is 593. The number of rotatable bonds is 4. The second-order valence-electron chi connectivity index (χ2n) is 6.39. The molecule has 1 atom stereocenters. The van der Waals surface area contributed by atoms with Gasteiger partial charge in [0.25, 0.3) is 5.91 Å². The van der Waals surface area contributed by atoms with Crippen molar-refractivity contribution in [1.29, 1.82) is 0 Å². The lowest BCUT2D eigenvalue weighted by Gasteiger charge is -2.34. The summed E-state index contributed by atoms with van der Waals surface area (Å²) in [5, 5.41) is 6.49. The number of piperazine rings is 1. The molecule has 1 aromatic carbocycles. The average Bonchev–Trinajstić information content (AvgIpc) is 2.48. The first-order valence-corrected chi connectivity index (χ1v) is 8.37. The summed E-state index contributed by atoms with van der Waals surface area (Å²) in [4.78, 5) is 26.5. The van der Waals surface area contributed by atoms with Crippen LogP contribution in [0.15, 0.2) is 18.2 Å². The zero-order valence-corrected chi connectivity index (χ0v) is 15.8. The van der Waals surface area contributed by atoms with Crippen LogP contribution in [0.3, 0.4) is 0 Å². The molecule has 1 aliphatic heterocycles. The summed E-state index contributed by atoms with van der Waals surface area (Å²) < 4.78 is 0. The maximum absolute atomic E-state index is 12.7. The fraction of sp³-hybridized carbons (Fsp3) is 0.529. The molecule has 0 saturated carbocycles. The van der Waals surface area contributed by atoms with Crippen molar-refractivity contribution < 1.29 is 9.59 Å². The van der Waals surface area contributed by atoms with Crippen LogP contribution in [-0.4, -0.2) is 42.4 Å². The minimum Gasteiger partial charge on any atom is -0.333 e. The number of nitrogens with zero attached hydrogens (tertiary/aromatic N) is 1. The number of carbonyl (C=O) groups excluding carboxylic acids is 2. The lowest BCUT2D eigenvalue weighted by Crippen LogP contribution is -2.52. The molecule has 24 heavy (non-hydrogen) atoms. The maximum Gasteiger partial charge on any atom is 0.255 e. The highest BCUT2D eigenvalue weighted by molar-refractivity contribution is 6.34. The smallest absolute Gasteiger partial charge is 0.255 e. The van der Waals surface area contributed by atoms with Crippen LogP contribution in [0.2, 0.25) is 5.02 Å². The van der Waals surface area contributed by atoms with E-state index in [1.165, 1.54) is 0 Å². The molecule has 134 valence electrons. The standard InChI is InChI=1S/C17H24ClN3O2.ClH/c1-11(2)8-16(22)20-13-4-5-15(18)14(9-13)17(23)21-7-6-19-10-12(21)3;/h4-5,9,11-12,19H,6-8,10H2,1-3H3,(H,20,22);1H/t12-;/m1./s1. The molecule has 1 aliphatic rings. The van der Waals surface area contributed by atoms with Gasteiger partial charge in [-0.05, 0) is 31.0 Å². The molecular weight excluding hydrogens is 349 g/mol. The quantitative estimate of drug-likeness (QED) is 0.851. The van der Waals surface area contributed by atoms with Crippen molar-refractivity contribution in [2.45, 2.75) is 33.2 Å². The van der Waals surface area contributed by atoms with Gasteiger partial charge in [0, 0.05) is 37.8 Å². The van der Waals surface area contributed by atoms with Gasteiger partial charge in [-0.2, -0.15) is 0 Å². The summed E-state index contributed by atoms with van der Waals surface area (Å²) in [6.45, 7) is 8.18. The van der Waals surface area contributed by atoms with Gasteiger partial charge in [-0.15, -0.1) is 12.4 Å². The Morgan fingerprint density at radius 3 is 2.75 bits per heavy atom. The summed E-state index contributed by atoms with van der Waals surface area (Å²) in [6.07, 6.45) is 0.445. The van der Waals surface area contributed by atoms with Crippen LogP contribution in [0.25, 0.3) is 0 Å². The Morgan fingerprint density at radius 2 is 2.12 bits per heavy atom. The fourth-order valence-electron chi connectivity index (χ4n) is 2.65. The van der Waals surface area contributed by atoms with Crippen LogP contribution in [0.4, 0.5) is 5.69 Å². The van der Waals surface area contributed by atoms with E-state index in [2.05, 4.69) is 10.6 Å². The van der Waals surface area contributed by atoms with E-state index in [9.17, 15) is 9.59 Å². The Kier molecular flexibility index (Phi) is 8.00. The zero-order chi connectivity index (χ0) is 17.0. The molecule has 2 N–H and O–H groups in total. The molecule has 2 amide bonds. The van der Waals surface area contributed by atoms with Crippen molar-refractivity contribution in [3.8, 4) is 0 Å². The minimum absolute atomic E-state index is 0. The SMILES string of the molecule is CC(C)CC(=O)Nc1ccc(Cl)c(C(=O)N2CCNC[C@H]2C)c1.Cl. The summed E-state index contributed by atoms with van der Waals surface area (Å²) in [5.74, 6) is 0.130. The molecule has 1 heterocycles. The van der Waals surface area contributed by atoms with Crippen molar-refractivity contribution in [3.63, 3.8) is 0 Å². The van der Waals surface area contributed by atoms with Gasteiger partial charge >= 0.3 is 0 Å². The number of benzene rings is 1. The average molecular weight is 374 g/mol. The van der Waals surface area contributed by atoms with E-state index in [4.69, 9.17) is 11.6 Å². The van der Waals surface area contributed by atoms with Crippen LogP contribution < -0.4 is 10.6 Å². The summed E-state index contributed by atoms with van der Waals surface area (Å²) in [7, 11) is 0. The van der Waals surface area contributed by atoms with E-state index >= 15 is 0 Å². The summed E-state index contributed by atoms with van der Waals surface area (Å²) in [5.41, 5.74) is 1.04. The molecule has 0 radical (unpaired) electrons. The van der Waals surface area contributed by atoms with Crippen LogP contribution in [0, 0.1) is 5.92 Å². The number of carbonyl (C=O) groups is 2. The number of anilines is 1. The molecule has 2 rings (SSSR count). The van der Waals surface area contributed by atoms with Gasteiger partial charge in [-0.1, -0.05) is 25.4 Å². The molecule has 7 heteroatoms. The van der Waals surface area contributed by atoms with E-state index in [1.54, 1.807) is 18.2 Å². The van der Waals surface area contributed by atoms with Gasteiger partial charge in [0.05, 0.1) is 10.6 Å². The predicted molar refractivity (Wildman–Crippen MR) is 100 cm³/mol. The molecular formula is C17H25Cl2N3O2. The summed E-state index contributed by atoms with van der Waals surface area (Å²) >= 11 is 6.20. The molecule has 5 nitrogen and oxygen atoms in total. The third kappa shape index (κ3) is 5.36. The van der Waals surface area contributed by atoms with Crippen LogP contribution >= 0.6 is 24.0 Å². The molecule has 0 aromatic heterocycles. The first kappa shape index (κ1) is 20.7. The number of hydrogen-bond acceptors (Lipinski definition) is 3. The first-order chi connectivity index (χ1) is 10.9. The molecule has 0 bridgehead atoms. The van der Waals surface area contributed by atoms with Gasteiger partial charge in [0.2, 0.25) is 5.91 Å². The predicted octanol–water partition coefficient (Wildman–Crippen LogP) is 3.18. The highest BCUT2D eigenvalue weighted by Gasteiger charge is 2.25. The van der Waals surface area contributed by atoms with Crippen molar-refractivity contribution in [2.24, 2.45) is 5.92 Å². The highest BCUT2D eigenvalue weighted by Crippen LogP contribution is 2.23. The van der Waals surface area contributed by atoms with Crippen LogP contribution in [-0.2, 0) is 4.79 Å². The molecule has 1 saturated heterocycles. The topological polar surface area (TPSA) is 61.4 Å². The number of halogens is 2. The number of hydrogen-bond donors (Lipinski definition) is 2. The van der Waals surface area contributed by atoms with Crippen molar-refractivity contribution in [3.05, 3.63) is 28.8 Å². The van der Waals surface area contributed by atoms with Gasteiger partial charge in [-0.25, -0.2) is 0 Å². The second-order valence-corrected chi connectivity index (χ2v) is 6.80. The molecule has 0 unspecified atom stereocenters. The first-order valence-electron chi connectivity index (χ1n) is 7.99. The van der Waals surface area contributed by atoms with Gasteiger partial charge in [-0.3, -0.25) is 9.59 Å². The van der Waals surface area contributed by atoms with E-state index in [1.807, 2.05) is 25.7 Å². The molecule has 0 spiro atoms. The lowest BCUT2D eigenvalue weighted by atomic mass is 10.1. The van der Waals surface area contributed by atoms with E-state index in [0.29, 0.717) is 29.2 Å². The Morgan fingerprint density at radius 1 is 1.42 bits per heavy atom. The number of amides is 2. The second kappa shape index (κ2) is 9.25. The lowest BCUT2D eigenvalue weighted by molar-refractivity contribution is -0.116. The molecule has 1 fully saturated rings. The highest BCUT2D eigenvalue weighted by atomic mass is 35.5. The van der Waals surface area contributed by atoms with Crippen molar-refractivity contribution in [2.75, 3.05) is 25.0 Å². The van der Waals surface area contributed by atoms with Crippen molar-refractivity contribution in [1.82, 2.24) is 10.2 Å². The normalized spacial score (nSPS) is 17.4. The van der Waals surface area contributed by atoms with E-state index in [0.717, 1.165) is 13.1 Å². The Balaban J connectivity index is 0.00000288. The number of nitrogens with one attached hydrogen (secondary N) is 2. The molecule has 1 aromatic rings. The summed E-state index contributed by atoms with van der Waals surface area (Å²) in [6, 6.07) is 5.16. The van der Waals surface area contributed by atoms with E-state index < -0.39 is 0 Å². The zero-order valence-electron chi connectivity index (χ0n) is 14.3. The maximum atomic E-state index is 12.7. The van der Waals surface area contributed by atoms with E-state index in [-0.39, 0.29) is 36.2 Å². The Labute approximate surface area is 154 Å². The fourth-order valence-corrected chi connectivity index (χ4v) is 2.85. The third-order valence-corrected chi connectivity index (χ3v) is 4.17. The Hall–Kier alpha value is -1.30. The van der Waals surface area contributed by atoms with Crippen molar-refractivity contribution >= 4 is 41.5 Å². The van der Waals surface area contributed by atoms with Gasteiger partial charge in [0.15, 0.2) is 0 Å². The third-order valence-electron chi connectivity index (χ3n) is 3.84. The van der Waals surface area contributed by atoms with Gasteiger partial charge in [0.1, 0.15) is 0 Å². The monoisotopic (exact) mass is 373 g/mol. The molecule has 0 aliphatic carbocycles. The van der Waals surface area contributed by atoms with Gasteiger partial charge < -0.3 is 15.5 Å². The largest absolute Gasteiger partial charge is 0.333 e.